The molecule has 0 aromatic rings. The maximum absolute atomic E-state index is 6.94. The smallest absolute Gasteiger partial charge is 0.673 e. The predicted octanol–water partition coefficient (Wildman–Crippen LogP) is 5.60. The van der Waals surface area contributed by atoms with Crippen LogP contribution in [0.1, 0.15) is 34.6 Å². The molecule has 0 spiro atoms. The molecule has 0 aliphatic rings. The van der Waals surface area contributed by atoms with Crippen LogP contribution in [0.3, 0.4) is 0 Å². The summed E-state index contributed by atoms with van der Waals surface area (Å²) >= 11 is 0. The van der Waals surface area contributed by atoms with Gasteiger partial charge < -0.3 is 20.6 Å². The van der Waals surface area contributed by atoms with E-state index in [4.69, 9.17) is 5.73 Å². The molecule has 18 heavy (non-hydrogen) atoms. The normalized spacial score (nSPS) is 8.78. The summed E-state index contributed by atoms with van der Waals surface area (Å²) in [4.78, 5) is 0. The Morgan fingerprint density at radius 1 is 1.17 bits per heavy atom. The van der Waals surface area contributed by atoms with Crippen molar-refractivity contribution < 1.29 is 21.7 Å². The maximum Gasteiger partial charge on any atom is 4.00 e. The van der Waals surface area contributed by atoms with Gasteiger partial charge in [0.2, 0.25) is 0 Å². The van der Waals surface area contributed by atoms with Crippen molar-refractivity contribution >= 4 is 9.52 Å². The van der Waals surface area contributed by atoms with Crippen LogP contribution in [0.2, 0.25) is 13.1 Å². The van der Waals surface area contributed by atoms with E-state index in [0.29, 0.717) is 0 Å². The predicted molar refractivity (Wildman–Crippen MR) is 89.7 cm³/mol. The monoisotopic (exact) mass is 304 g/mol. The first kappa shape index (κ1) is 36.2. The number of hydrogen-bond donors (Lipinski definition) is 0. The second-order valence-corrected chi connectivity index (χ2v) is 5.82. The third-order valence-electron chi connectivity index (χ3n) is 0.493. The molecule has 107 valence electrons. The summed E-state index contributed by atoms with van der Waals surface area (Å²) in [7, 11) is 0.750. The van der Waals surface area contributed by atoms with Gasteiger partial charge in [0.25, 0.3) is 0 Å². The summed E-state index contributed by atoms with van der Waals surface area (Å²) in [5, 5.41) is 0. The number of nitrogens with one attached hydrogen (secondary N) is 1. The van der Waals surface area contributed by atoms with Gasteiger partial charge in [-0.2, -0.15) is 0 Å². The molecule has 0 atom stereocenters. The first-order chi connectivity index (χ1) is 6.54. The van der Waals surface area contributed by atoms with E-state index in [-0.39, 0.29) is 42.1 Å². The van der Waals surface area contributed by atoms with Crippen LogP contribution in [0.5, 0.6) is 0 Å². The molecule has 0 heterocycles. The van der Waals surface area contributed by atoms with Gasteiger partial charge in [0.15, 0.2) is 0 Å². The molecule has 0 fully saturated rings. The van der Waals surface area contributed by atoms with Gasteiger partial charge in [-0.3, -0.25) is 0 Å². The average Bonchev–Trinajstić information content (AvgIpc) is 1.79. The Morgan fingerprint density at radius 2 is 1.33 bits per heavy atom. The molecule has 1 N–H and O–H groups in total. The van der Waals surface area contributed by atoms with Gasteiger partial charge in [-0.1, -0.05) is 47.7 Å². The molecule has 1 nitrogen and oxygen atoms in total. The van der Waals surface area contributed by atoms with Crippen molar-refractivity contribution in [2.75, 3.05) is 0 Å². The first-order valence-corrected chi connectivity index (χ1v) is 7.50. The minimum absolute atomic E-state index is 0. The van der Waals surface area contributed by atoms with Gasteiger partial charge in [0.1, 0.15) is 0 Å². The Hall–Kier alpha value is 0.241. The quantitative estimate of drug-likeness (QED) is 0.342. The fourth-order valence-corrected chi connectivity index (χ4v) is 0.421. The molecule has 0 aliphatic carbocycles. The molecule has 0 rings (SSSR count). The number of rotatable bonds is 1. The Morgan fingerprint density at radius 3 is 1.33 bits per heavy atom. The van der Waals surface area contributed by atoms with Gasteiger partial charge in [0.05, 0.1) is 0 Å². The van der Waals surface area contributed by atoms with E-state index in [1.54, 1.807) is 0 Å². The van der Waals surface area contributed by atoms with Crippen molar-refractivity contribution in [3.8, 4) is 0 Å². The standard InChI is InChI=1S/C7H11.C4H10N.C2H7Si.2CH3.Ti/c1-6(2)5-7(3)4;1-4(2,3)5;1-3-2;;;/h5H,1,3H2,2,4H3;5H,1-3H3;3H,1-2H3;2*1H3;/q2*-1;;2*-1;+4. The van der Waals surface area contributed by atoms with Crippen LogP contribution in [0.4, 0.5) is 0 Å². The molecule has 0 saturated heterocycles. The van der Waals surface area contributed by atoms with E-state index in [0.717, 1.165) is 20.7 Å². The van der Waals surface area contributed by atoms with Gasteiger partial charge >= 0.3 is 21.7 Å². The van der Waals surface area contributed by atoms with Crippen LogP contribution < -0.4 is 0 Å². The maximum atomic E-state index is 6.94. The number of allylic oxidation sites excluding steroid dienone is 3. The van der Waals surface area contributed by atoms with E-state index < -0.39 is 0 Å². The van der Waals surface area contributed by atoms with Crippen molar-refractivity contribution in [1.82, 2.24) is 0 Å². The van der Waals surface area contributed by atoms with Gasteiger partial charge in [-0.05, 0) is 0 Å². The van der Waals surface area contributed by atoms with Gasteiger partial charge in [0, 0.05) is 9.52 Å². The van der Waals surface area contributed by atoms with E-state index in [1.165, 1.54) is 0 Å². The fraction of sp³-hybridized carbons (Fsp3) is 0.533. The van der Waals surface area contributed by atoms with Crippen molar-refractivity contribution in [1.29, 1.82) is 0 Å². The van der Waals surface area contributed by atoms with Crippen molar-refractivity contribution in [2.45, 2.75) is 53.3 Å². The average molecular weight is 304 g/mol. The van der Waals surface area contributed by atoms with Crippen molar-refractivity contribution in [2.24, 2.45) is 0 Å². The third kappa shape index (κ3) is 210. The Kier molecular flexibility index (Phi) is 45.1. The Balaban J connectivity index is -0.0000000296. The van der Waals surface area contributed by atoms with Gasteiger partial charge in [-0.15, -0.1) is 17.7 Å². The summed E-state index contributed by atoms with van der Waals surface area (Å²) in [6.07, 6.45) is 1.94. The first-order valence-electron chi connectivity index (χ1n) is 5.19. The van der Waals surface area contributed by atoms with Crippen LogP contribution in [0, 0.1) is 21.8 Å². The second kappa shape index (κ2) is 22.4. The van der Waals surface area contributed by atoms with Crippen LogP contribution in [0.15, 0.2) is 23.8 Å². The van der Waals surface area contributed by atoms with Crippen LogP contribution in [-0.4, -0.2) is 15.1 Å². The van der Waals surface area contributed by atoms with Gasteiger partial charge in [-0.25, -0.2) is 18.6 Å². The topological polar surface area (TPSA) is 23.8 Å². The molecule has 0 saturated carbocycles. The largest absolute Gasteiger partial charge is 4.00 e. The third-order valence-corrected chi connectivity index (χ3v) is 0.493. The fourth-order valence-electron chi connectivity index (χ4n) is 0.421. The van der Waals surface area contributed by atoms with E-state index in [1.807, 2.05) is 40.7 Å². The van der Waals surface area contributed by atoms with E-state index in [2.05, 4.69) is 26.6 Å². The zero-order chi connectivity index (χ0) is 13.1. The van der Waals surface area contributed by atoms with Crippen molar-refractivity contribution in [3.05, 3.63) is 51.3 Å². The molecule has 0 aliphatic heterocycles. The zero-order valence-electron chi connectivity index (χ0n) is 14.1. The summed E-state index contributed by atoms with van der Waals surface area (Å²) in [6.45, 7) is 21.2. The Labute approximate surface area is 135 Å². The molecule has 1 radical (unpaired) electrons. The van der Waals surface area contributed by atoms with E-state index >= 15 is 0 Å². The molecule has 0 aromatic heterocycles. The summed E-state index contributed by atoms with van der Waals surface area (Å²) < 4.78 is 0. The SMILES string of the molecule is C=C(C)C=C([CH2-])C.CC(C)(C)[NH-].C[SiH]C.[CH3-].[CH3-].[Ti+4]. The second-order valence-electron chi connectivity index (χ2n) is 4.66. The summed E-state index contributed by atoms with van der Waals surface area (Å²) in [5.41, 5.74) is 8.81. The number of hydrogen-bond acceptors (Lipinski definition) is 0. The minimum atomic E-state index is -0.250. The van der Waals surface area contributed by atoms with Crippen molar-refractivity contribution in [3.63, 3.8) is 0 Å². The van der Waals surface area contributed by atoms with E-state index in [9.17, 15) is 0 Å². The summed E-state index contributed by atoms with van der Waals surface area (Å²) in [5.74, 6) is 0. The molecule has 0 amide bonds. The summed E-state index contributed by atoms with van der Waals surface area (Å²) in [6, 6.07) is 0. The zero-order valence-corrected chi connectivity index (χ0v) is 16.8. The molecule has 3 heteroatoms. The van der Waals surface area contributed by atoms with Crippen LogP contribution >= 0.6 is 0 Å². The molecule has 0 bridgehead atoms. The van der Waals surface area contributed by atoms with Crippen LogP contribution in [-0.2, 0) is 21.7 Å². The Bertz CT molecular complexity index is 171. The molecule has 0 unspecified atom stereocenters. The van der Waals surface area contributed by atoms with Crippen LogP contribution in [0.25, 0.3) is 5.73 Å². The molecule has 0 aromatic carbocycles. The minimum Gasteiger partial charge on any atom is -0.673 e. The molecular weight excluding hydrogens is 270 g/mol. The molecular formula is C15H34NSiTi.